The molecule has 0 radical (unpaired) electrons. The molecular formula is C16H17ClN2. The molecular weight excluding hydrogens is 256 g/mol. The van der Waals surface area contributed by atoms with Crippen LogP contribution in [0.25, 0.3) is 0 Å². The molecule has 0 bridgehead atoms. The molecule has 1 atom stereocenters. The Morgan fingerprint density at radius 3 is 2.89 bits per heavy atom. The van der Waals surface area contributed by atoms with E-state index in [0.717, 1.165) is 29.2 Å². The molecule has 0 fully saturated rings. The van der Waals surface area contributed by atoms with Crippen molar-refractivity contribution < 1.29 is 0 Å². The molecule has 98 valence electrons. The van der Waals surface area contributed by atoms with Crippen molar-refractivity contribution in [2.45, 2.75) is 25.8 Å². The maximum atomic E-state index is 6.24. The van der Waals surface area contributed by atoms with Gasteiger partial charge in [0.25, 0.3) is 0 Å². The second-order valence-electron chi connectivity index (χ2n) is 5.18. The molecule has 2 aromatic carbocycles. The highest BCUT2D eigenvalue weighted by atomic mass is 35.5. The Labute approximate surface area is 118 Å². The van der Waals surface area contributed by atoms with Gasteiger partial charge in [0.15, 0.2) is 0 Å². The van der Waals surface area contributed by atoms with Crippen molar-refractivity contribution in [3.8, 4) is 0 Å². The highest BCUT2D eigenvalue weighted by Crippen LogP contribution is 2.36. The lowest BCUT2D eigenvalue weighted by Gasteiger charge is -2.17. The van der Waals surface area contributed by atoms with E-state index in [4.69, 9.17) is 17.3 Å². The molecule has 1 aliphatic carbocycles. The number of halogens is 1. The van der Waals surface area contributed by atoms with E-state index in [2.05, 4.69) is 30.4 Å². The molecule has 2 aromatic rings. The first-order valence-electron chi connectivity index (χ1n) is 6.54. The van der Waals surface area contributed by atoms with Gasteiger partial charge in [-0.1, -0.05) is 23.7 Å². The maximum absolute atomic E-state index is 6.24. The number of fused-ring (bicyclic) bond motifs is 1. The van der Waals surface area contributed by atoms with Gasteiger partial charge in [-0.3, -0.25) is 0 Å². The number of nitrogens with two attached hydrogens (primary N) is 1. The number of hydrogen-bond donors (Lipinski definition) is 2. The third kappa shape index (κ3) is 2.41. The number of hydrogen-bond acceptors (Lipinski definition) is 2. The molecule has 0 amide bonds. The van der Waals surface area contributed by atoms with Gasteiger partial charge in [0.2, 0.25) is 0 Å². The molecule has 0 saturated carbocycles. The van der Waals surface area contributed by atoms with Crippen LogP contribution in [-0.2, 0) is 6.42 Å². The summed E-state index contributed by atoms with van der Waals surface area (Å²) in [7, 11) is 0. The van der Waals surface area contributed by atoms with Gasteiger partial charge in [0, 0.05) is 5.69 Å². The fourth-order valence-electron chi connectivity index (χ4n) is 2.72. The monoisotopic (exact) mass is 272 g/mol. The summed E-state index contributed by atoms with van der Waals surface area (Å²) in [5, 5.41) is 4.33. The molecule has 0 spiro atoms. The van der Waals surface area contributed by atoms with E-state index in [9.17, 15) is 0 Å². The second kappa shape index (κ2) is 4.78. The average molecular weight is 273 g/mol. The highest BCUT2D eigenvalue weighted by molar-refractivity contribution is 6.33. The Bertz CT molecular complexity index is 622. The third-order valence-corrected chi connectivity index (χ3v) is 4.03. The van der Waals surface area contributed by atoms with Crippen LogP contribution in [0.15, 0.2) is 36.4 Å². The fraction of sp³-hybridized carbons (Fsp3) is 0.250. The van der Waals surface area contributed by atoms with Crippen molar-refractivity contribution in [1.29, 1.82) is 0 Å². The summed E-state index contributed by atoms with van der Waals surface area (Å²) in [6, 6.07) is 12.6. The summed E-state index contributed by atoms with van der Waals surface area (Å²) in [4.78, 5) is 0. The smallest absolute Gasteiger partial charge is 0.0637 e. The zero-order valence-electron chi connectivity index (χ0n) is 10.9. The Morgan fingerprint density at radius 2 is 2.05 bits per heavy atom. The van der Waals surface area contributed by atoms with Gasteiger partial charge in [-0.25, -0.2) is 0 Å². The third-order valence-electron chi connectivity index (χ3n) is 3.70. The minimum absolute atomic E-state index is 0.329. The van der Waals surface area contributed by atoms with Crippen molar-refractivity contribution >= 4 is 23.0 Å². The van der Waals surface area contributed by atoms with Crippen LogP contribution in [0, 0.1) is 6.92 Å². The average Bonchev–Trinajstić information content (AvgIpc) is 2.76. The number of aryl methyl sites for hydroxylation is 2. The largest absolute Gasteiger partial charge is 0.399 e. The van der Waals surface area contributed by atoms with Gasteiger partial charge < -0.3 is 11.1 Å². The van der Waals surface area contributed by atoms with E-state index >= 15 is 0 Å². The Kier molecular flexibility index (Phi) is 3.11. The second-order valence-corrected chi connectivity index (χ2v) is 5.58. The SMILES string of the molecule is Cc1ccc(Cl)c(NC2CCc3cc(N)ccc32)c1. The Hall–Kier alpha value is -1.67. The van der Waals surface area contributed by atoms with Gasteiger partial charge in [0.1, 0.15) is 0 Å². The molecule has 0 heterocycles. The molecule has 0 saturated heterocycles. The van der Waals surface area contributed by atoms with Crippen molar-refractivity contribution in [3.05, 3.63) is 58.1 Å². The van der Waals surface area contributed by atoms with Gasteiger partial charge in [-0.15, -0.1) is 0 Å². The summed E-state index contributed by atoms with van der Waals surface area (Å²) in [6.07, 6.45) is 2.16. The first-order valence-corrected chi connectivity index (χ1v) is 6.92. The molecule has 0 aromatic heterocycles. The zero-order valence-corrected chi connectivity index (χ0v) is 11.7. The fourth-order valence-corrected chi connectivity index (χ4v) is 2.90. The van der Waals surface area contributed by atoms with Crippen LogP contribution in [0.5, 0.6) is 0 Å². The van der Waals surface area contributed by atoms with Crippen LogP contribution in [0.4, 0.5) is 11.4 Å². The maximum Gasteiger partial charge on any atom is 0.0637 e. The molecule has 3 rings (SSSR count). The molecule has 1 unspecified atom stereocenters. The molecule has 1 aliphatic rings. The number of nitrogen functional groups attached to an aromatic ring is 1. The minimum Gasteiger partial charge on any atom is -0.399 e. The van der Waals surface area contributed by atoms with Crippen LogP contribution in [0.2, 0.25) is 5.02 Å². The van der Waals surface area contributed by atoms with Crippen LogP contribution in [0.1, 0.15) is 29.2 Å². The number of rotatable bonds is 2. The van der Waals surface area contributed by atoms with E-state index in [-0.39, 0.29) is 0 Å². The van der Waals surface area contributed by atoms with E-state index in [1.54, 1.807) is 0 Å². The Morgan fingerprint density at radius 1 is 1.21 bits per heavy atom. The van der Waals surface area contributed by atoms with Crippen LogP contribution in [0.3, 0.4) is 0 Å². The molecule has 3 N–H and O–H groups in total. The Balaban J connectivity index is 1.88. The van der Waals surface area contributed by atoms with Crippen LogP contribution < -0.4 is 11.1 Å². The predicted molar refractivity (Wildman–Crippen MR) is 81.7 cm³/mol. The highest BCUT2D eigenvalue weighted by Gasteiger charge is 2.22. The van der Waals surface area contributed by atoms with Crippen LogP contribution >= 0.6 is 11.6 Å². The number of nitrogens with one attached hydrogen (secondary N) is 1. The van der Waals surface area contributed by atoms with E-state index in [1.807, 2.05) is 18.2 Å². The van der Waals surface area contributed by atoms with Gasteiger partial charge in [0.05, 0.1) is 16.8 Å². The van der Waals surface area contributed by atoms with Crippen molar-refractivity contribution in [2.24, 2.45) is 0 Å². The summed E-state index contributed by atoms with van der Waals surface area (Å²) < 4.78 is 0. The zero-order chi connectivity index (χ0) is 13.4. The summed E-state index contributed by atoms with van der Waals surface area (Å²) in [6.45, 7) is 2.07. The van der Waals surface area contributed by atoms with Gasteiger partial charge >= 0.3 is 0 Å². The summed E-state index contributed by atoms with van der Waals surface area (Å²) in [5.74, 6) is 0. The predicted octanol–water partition coefficient (Wildman–Crippen LogP) is 4.33. The molecule has 3 heteroatoms. The minimum atomic E-state index is 0.329. The van der Waals surface area contributed by atoms with E-state index in [0.29, 0.717) is 6.04 Å². The molecule has 19 heavy (non-hydrogen) atoms. The lowest BCUT2D eigenvalue weighted by atomic mass is 10.1. The number of benzene rings is 2. The van der Waals surface area contributed by atoms with E-state index in [1.165, 1.54) is 16.7 Å². The standard InChI is InChI=1S/C16H17ClN2/c1-10-2-6-14(17)16(8-10)19-15-7-3-11-9-12(18)4-5-13(11)15/h2,4-6,8-9,15,19H,3,7,18H2,1H3. The summed E-state index contributed by atoms with van der Waals surface area (Å²) in [5.41, 5.74) is 11.6. The summed E-state index contributed by atoms with van der Waals surface area (Å²) >= 11 is 6.24. The molecule has 2 nitrogen and oxygen atoms in total. The first kappa shape index (κ1) is 12.4. The first-order chi connectivity index (χ1) is 9.13. The molecule has 0 aliphatic heterocycles. The van der Waals surface area contributed by atoms with Gasteiger partial charge in [-0.2, -0.15) is 0 Å². The lowest BCUT2D eigenvalue weighted by Crippen LogP contribution is -2.07. The van der Waals surface area contributed by atoms with E-state index < -0.39 is 0 Å². The topological polar surface area (TPSA) is 38.0 Å². The normalized spacial score (nSPS) is 17.3. The van der Waals surface area contributed by atoms with Crippen molar-refractivity contribution in [3.63, 3.8) is 0 Å². The van der Waals surface area contributed by atoms with Crippen molar-refractivity contribution in [1.82, 2.24) is 0 Å². The van der Waals surface area contributed by atoms with Crippen molar-refractivity contribution in [2.75, 3.05) is 11.1 Å². The number of anilines is 2. The van der Waals surface area contributed by atoms with Gasteiger partial charge in [-0.05, 0) is 60.7 Å². The van der Waals surface area contributed by atoms with Crippen LogP contribution in [-0.4, -0.2) is 0 Å². The lowest BCUT2D eigenvalue weighted by molar-refractivity contribution is 0.762. The quantitative estimate of drug-likeness (QED) is 0.799.